The van der Waals surface area contributed by atoms with Gasteiger partial charge >= 0.3 is 0 Å². The molecule has 0 aromatic carbocycles. The average Bonchev–Trinajstić information content (AvgIpc) is 3.04. The molecule has 1 aromatic heterocycles. The molecule has 19 heavy (non-hydrogen) atoms. The van der Waals surface area contributed by atoms with Gasteiger partial charge in [0, 0.05) is 24.1 Å². The first-order chi connectivity index (χ1) is 9.27. The van der Waals surface area contributed by atoms with Crippen LogP contribution in [0.15, 0.2) is 5.51 Å². The third kappa shape index (κ3) is 4.84. The first kappa shape index (κ1) is 14.9. The molecule has 1 aromatic rings. The van der Waals surface area contributed by atoms with E-state index in [0.717, 1.165) is 44.9 Å². The zero-order valence-electron chi connectivity index (χ0n) is 11.9. The predicted molar refractivity (Wildman–Crippen MR) is 77.7 cm³/mol. The molecule has 1 aliphatic rings. The molecule has 2 unspecified atom stereocenters. The van der Waals surface area contributed by atoms with E-state index in [1.807, 2.05) is 5.51 Å². The lowest BCUT2D eigenvalue weighted by Gasteiger charge is -2.13. The SMILES string of the molecule is Cc1ncsc1C(C)NCCCOCC1CCCO1. The molecule has 5 heteroatoms. The third-order valence-corrected chi connectivity index (χ3v) is 4.53. The molecule has 1 fully saturated rings. The second kappa shape index (κ2) is 7.94. The fourth-order valence-electron chi connectivity index (χ4n) is 2.30. The fourth-order valence-corrected chi connectivity index (χ4v) is 3.14. The molecule has 1 aliphatic heterocycles. The van der Waals surface area contributed by atoms with Gasteiger partial charge in [0.05, 0.1) is 23.9 Å². The van der Waals surface area contributed by atoms with Gasteiger partial charge in [-0.3, -0.25) is 0 Å². The van der Waals surface area contributed by atoms with Gasteiger partial charge in [-0.1, -0.05) is 0 Å². The normalized spacial score (nSPS) is 20.8. The summed E-state index contributed by atoms with van der Waals surface area (Å²) in [6.07, 6.45) is 3.71. The lowest BCUT2D eigenvalue weighted by Crippen LogP contribution is -2.22. The Balaban J connectivity index is 1.51. The monoisotopic (exact) mass is 284 g/mol. The molecular formula is C14H24N2O2S. The first-order valence-electron chi connectivity index (χ1n) is 7.10. The lowest BCUT2D eigenvalue weighted by molar-refractivity contribution is 0.0165. The average molecular weight is 284 g/mol. The Labute approximate surface area is 119 Å². The molecule has 2 heterocycles. The predicted octanol–water partition coefficient (Wildman–Crippen LogP) is 2.69. The molecular weight excluding hydrogens is 260 g/mol. The van der Waals surface area contributed by atoms with Crippen molar-refractivity contribution in [1.29, 1.82) is 0 Å². The van der Waals surface area contributed by atoms with Gasteiger partial charge in [0.1, 0.15) is 0 Å². The zero-order chi connectivity index (χ0) is 13.5. The molecule has 108 valence electrons. The van der Waals surface area contributed by atoms with Crippen molar-refractivity contribution in [2.45, 2.75) is 45.3 Å². The minimum atomic E-state index is 0.340. The first-order valence-corrected chi connectivity index (χ1v) is 7.98. The van der Waals surface area contributed by atoms with Crippen LogP contribution in [0.3, 0.4) is 0 Å². The van der Waals surface area contributed by atoms with Crippen molar-refractivity contribution in [3.05, 3.63) is 16.1 Å². The Kier molecular flexibility index (Phi) is 6.23. The zero-order valence-corrected chi connectivity index (χ0v) is 12.7. The smallest absolute Gasteiger partial charge is 0.0809 e. The van der Waals surface area contributed by atoms with Crippen molar-refractivity contribution in [3.63, 3.8) is 0 Å². The second-order valence-electron chi connectivity index (χ2n) is 5.04. The van der Waals surface area contributed by atoms with E-state index >= 15 is 0 Å². The maximum absolute atomic E-state index is 5.64. The lowest BCUT2D eigenvalue weighted by atomic mass is 10.2. The maximum atomic E-state index is 5.64. The number of nitrogens with zero attached hydrogens (tertiary/aromatic N) is 1. The molecule has 0 bridgehead atoms. The topological polar surface area (TPSA) is 43.4 Å². The van der Waals surface area contributed by atoms with Crippen LogP contribution >= 0.6 is 11.3 Å². The van der Waals surface area contributed by atoms with E-state index in [1.54, 1.807) is 11.3 Å². The highest BCUT2D eigenvalue weighted by atomic mass is 32.1. The molecule has 2 rings (SSSR count). The molecule has 0 aliphatic carbocycles. The second-order valence-corrected chi connectivity index (χ2v) is 5.93. The molecule has 4 nitrogen and oxygen atoms in total. The number of thiazole rings is 1. The van der Waals surface area contributed by atoms with E-state index < -0.39 is 0 Å². The van der Waals surface area contributed by atoms with Crippen molar-refractivity contribution in [1.82, 2.24) is 10.3 Å². The standard InChI is InChI=1S/C14H24N2O2S/c1-11(14-12(2)16-10-19-14)15-6-4-7-17-9-13-5-3-8-18-13/h10-11,13,15H,3-9H2,1-2H3. The van der Waals surface area contributed by atoms with Gasteiger partial charge in [-0.05, 0) is 39.7 Å². The van der Waals surface area contributed by atoms with E-state index in [2.05, 4.69) is 24.1 Å². The van der Waals surface area contributed by atoms with Crippen LogP contribution in [-0.4, -0.2) is 37.5 Å². The Hall–Kier alpha value is -0.490. The highest BCUT2D eigenvalue weighted by Crippen LogP contribution is 2.20. The van der Waals surface area contributed by atoms with Crippen molar-refractivity contribution in [2.75, 3.05) is 26.4 Å². The summed E-state index contributed by atoms with van der Waals surface area (Å²) in [7, 11) is 0. The molecule has 0 radical (unpaired) electrons. The summed E-state index contributed by atoms with van der Waals surface area (Å²) in [5.41, 5.74) is 3.05. The van der Waals surface area contributed by atoms with Gasteiger partial charge in [-0.15, -0.1) is 11.3 Å². The number of rotatable bonds is 8. The minimum absolute atomic E-state index is 0.340. The summed E-state index contributed by atoms with van der Waals surface area (Å²) < 4.78 is 11.2. The van der Waals surface area contributed by atoms with E-state index in [0.29, 0.717) is 12.1 Å². The number of ether oxygens (including phenoxy) is 2. The number of aryl methyl sites for hydroxylation is 1. The largest absolute Gasteiger partial charge is 0.379 e. The summed E-state index contributed by atoms with van der Waals surface area (Å²) in [6, 6.07) is 0.380. The van der Waals surface area contributed by atoms with Gasteiger partial charge in [-0.2, -0.15) is 0 Å². The van der Waals surface area contributed by atoms with Gasteiger partial charge < -0.3 is 14.8 Å². The van der Waals surface area contributed by atoms with E-state index in [4.69, 9.17) is 9.47 Å². The van der Waals surface area contributed by atoms with Crippen molar-refractivity contribution in [2.24, 2.45) is 0 Å². The number of hydrogen-bond donors (Lipinski definition) is 1. The molecule has 0 spiro atoms. The molecule has 1 saturated heterocycles. The number of nitrogens with one attached hydrogen (secondary N) is 1. The van der Waals surface area contributed by atoms with Crippen LogP contribution in [0.5, 0.6) is 0 Å². The summed E-state index contributed by atoms with van der Waals surface area (Å²) in [5, 5.41) is 3.51. The van der Waals surface area contributed by atoms with Crippen LogP contribution in [-0.2, 0) is 9.47 Å². The molecule has 2 atom stereocenters. The quantitative estimate of drug-likeness (QED) is 0.745. The van der Waals surface area contributed by atoms with Crippen LogP contribution in [0.1, 0.15) is 42.8 Å². The van der Waals surface area contributed by atoms with Crippen LogP contribution in [0.25, 0.3) is 0 Å². The molecule has 0 amide bonds. The van der Waals surface area contributed by atoms with Crippen molar-refractivity contribution in [3.8, 4) is 0 Å². The fraction of sp³-hybridized carbons (Fsp3) is 0.786. The number of aromatic nitrogens is 1. The van der Waals surface area contributed by atoms with Gasteiger partial charge in [0.25, 0.3) is 0 Å². The third-order valence-electron chi connectivity index (χ3n) is 3.42. The number of hydrogen-bond acceptors (Lipinski definition) is 5. The van der Waals surface area contributed by atoms with Gasteiger partial charge in [-0.25, -0.2) is 4.98 Å². The Bertz CT molecular complexity index is 364. The summed E-state index contributed by atoms with van der Waals surface area (Å²) in [5.74, 6) is 0. The van der Waals surface area contributed by atoms with Gasteiger partial charge in [0.15, 0.2) is 0 Å². The van der Waals surface area contributed by atoms with Crippen molar-refractivity contribution < 1.29 is 9.47 Å². The Morgan fingerprint density at radius 1 is 1.63 bits per heavy atom. The van der Waals surface area contributed by atoms with Crippen LogP contribution < -0.4 is 5.32 Å². The Morgan fingerprint density at radius 2 is 2.53 bits per heavy atom. The highest BCUT2D eigenvalue weighted by Gasteiger charge is 2.15. The van der Waals surface area contributed by atoms with Crippen LogP contribution in [0.2, 0.25) is 0 Å². The van der Waals surface area contributed by atoms with Crippen molar-refractivity contribution >= 4 is 11.3 Å². The Morgan fingerprint density at radius 3 is 3.21 bits per heavy atom. The maximum Gasteiger partial charge on any atom is 0.0809 e. The van der Waals surface area contributed by atoms with E-state index in [9.17, 15) is 0 Å². The molecule has 0 saturated carbocycles. The summed E-state index contributed by atoms with van der Waals surface area (Å²) >= 11 is 1.72. The summed E-state index contributed by atoms with van der Waals surface area (Å²) in [4.78, 5) is 5.61. The van der Waals surface area contributed by atoms with Gasteiger partial charge in [0.2, 0.25) is 0 Å². The minimum Gasteiger partial charge on any atom is -0.379 e. The molecule has 1 N–H and O–H groups in total. The highest BCUT2D eigenvalue weighted by molar-refractivity contribution is 7.09. The summed E-state index contributed by atoms with van der Waals surface area (Å²) in [6.45, 7) is 7.69. The van der Waals surface area contributed by atoms with E-state index in [1.165, 1.54) is 11.3 Å². The van der Waals surface area contributed by atoms with Crippen LogP contribution in [0.4, 0.5) is 0 Å². The van der Waals surface area contributed by atoms with Crippen LogP contribution in [0, 0.1) is 6.92 Å². The van der Waals surface area contributed by atoms with E-state index in [-0.39, 0.29) is 0 Å².